The number of ketones is 1. The van der Waals surface area contributed by atoms with Crippen LogP contribution in [0, 0.1) is 0 Å². The van der Waals surface area contributed by atoms with Gasteiger partial charge in [0.2, 0.25) is 5.78 Å². The van der Waals surface area contributed by atoms with Crippen molar-refractivity contribution in [3.63, 3.8) is 0 Å². The second-order valence-electron chi connectivity index (χ2n) is 3.58. The Balaban J connectivity index is 2.23. The van der Waals surface area contributed by atoms with Crippen LogP contribution < -0.4 is 0 Å². The molecule has 3 nitrogen and oxygen atoms in total. The Bertz CT molecular complexity index is 369. The lowest BCUT2D eigenvalue weighted by atomic mass is 10.1. The molecule has 0 spiro atoms. The molecule has 2 heterocycles. The highest BCUT2D eigenvalue weighted by Crippen LogP contribution is 2.33. The van der Waals surface area contributed by atoms with Gasteiger partial charge < -0.3 is 9.15 Å². The van der Waals surface area contributed by atoms with E-state index in [9.17, 15) is 4.79 Å². The summed E-state index contributed by atoms with van der Waals surface area (Å²) in [7, 11) is 0. The molecule has 0 saturated carbocycles. The predicted octanol–water partition coefficient (Wildman–Crippen LogP) is 2.60. The van der Waals surface area contributed by atoms with Crippen LogP contribution >= 0.6 is 0 Å². The SMILES string of the molecule is CC(C)=C1OC(c2ccco2)CC1=O. The Morgan fingerprint density at radius 1 is 1.50 bits per heavy atom. The summed E-state index contributed by atoms with van der Waals surface area (Å²) in [6, 6.07) is 3.62. The van der Waals surface area contributed by atoms with Crippen molar-refractivity contribution in [1.29, 1.82) is 0 Å². The molecule has 0 bridgehead atoms. The molecule has 0 amide bonds. The number of hydrogen-bond acceptors (Lipinski definition) is 3. The zero-order chi connectivity index (χ0) is 10.1. The molecule has 1 aliphatic rings. The predicted molar refractivity (Wildman–Crippen MR) is 50.5 cm³/mol. The fourth-order valence-corrected chi connectivity index (χ4v) is 1.54. The van der Waals surface area contributed by atoms with E-state index in [-0.39, 0.29) is 11.9 Å². The van der Waals surface area contributed by atoms with Crippen molar-refractivity contribution in [1.82, 2.24) is 0 Å². The first kappa shape index (κ1) is 9.06. The van der Waals surface area contributed by atoms with Gasteiger partial charge in [0.25, 0.3) is 0 Å². The van der Waals surface area contributed by atoms with Crippen LogP contribution in [0.15, 0.2) is 34.1 Å². The van der Waals surface area contributed by atoms with Crippen molar-refractivity contribution in [2.24, 2.45) is 0 Å². The summed E-state index contributed by atoms with van der Waals surface area (Å²) in [6.45, 7) is 3.75. The van der Waals surface area contributed by atoms with E-state index >= 15 is 0 Å². The molecule has 1 aliphatic heterocycles. The minimum absolute atomic E-state index is 0.0615. The summed E-state index contributed by atoms with van der Waals surface area (Å²) < 4.78 is 10.7. The van der Waals surface area contributed by atoms with Crippen molar-refractivity contribution in [2.75, 3.05) is 0 Å². The molecule has 3 heteroatoms. The molecule has 0 aromatic carbocycles. The van der Waals surface area contributed by atoms with Gasteiger partial charge in [-0.1, -0.05) is 0 Å². The van der Waals surface area contributed by atoms with Crippen LogP contribution in [0.3, 0.4) is 0 Å². The molecule has 74 valence electrons. The summed E-state index contributed by atoms with van der Waals surface area (Å²) in [6.07, 6.45) is 1.74. The quantitative estimate of drug-likeness (QED) is 0.642. The highest BCUT2D eigenvalue weighted by molar-refractivity contribution is 5.96. The fraction of sp³-hybridized carbons (Fsp3) is 0.364. The van der Waals surface area contributed by atoms with Gasteiger partial charge in [0.05, 0.1) is 12.7 Å². The molecule has 14 heavy (non-hydrogen) atoms. The zero-order valence-electron chi connectivity index (χ0n) is 8.24. The van der Waals surface area contributed by atoms with Crippen LogP contribution in [0.2, 0.25) is 0 Å². The van der Waals surface area contributed by atoms with Gasteiger partial charge in [0.1, 0.15) is 5.76 Å². The minimum atomic E-state index is -0.234. The first-order valence-electron chi connectivity index (χ1n) is 4.59. The van der Waals surface area contributed by atoms with E-state index < -0.39 is 0 Å². The monoisotopic (exact) mass is 192 g/mol. The minimum Gasteiger partial charge on any atom is -0.478 e. The molecule has 1 saturated heterocycles. The molecule has 1 unspecified atom stereocenters. The molecule has 1 atom stereocenters. The summed E-state index contributed by atoms with van der Waals surface area (Å²) in [5.41, 5.74) is 0.920. The van der Waals surface area contributed by atoms with Gasteiger partial charge in [-0.3, -0.25) is 4.79 Å². The van der Waals surface area contributed by atoms with Crippen molar-refractivity contribution >= 4 is 5.78 Å². The summed E-state index contributed by atoms with van der Waals surface area (Å²) in [5, 5.41) is 0. The highest BCUT2D eigenvalue weighted by Gasteiger charge is 2.32. The average Bonchev–Trinajstić information content (AvgIpc) is 2.70. The van der Waals surface area contributed by atoms with Crippen molar-refractivity contribution in [2.45, 2.75) is 26.4 Å². The van der Waals surface area contributed by atoms with Gasteiger partial charge in [-0.05, 0) is 31.6 Å². The maximum Gasteiger partial charge on any atom is 0.201 e. The molecule has 0 N–H and O–H groups in total. The Labute approximate surface area is 82.4 Å². The van der Waals surface area contributed by atoms with E-state index in [0.717, 1.165) is 11.3 Å². The van der Waals surface area contributed by atoms with Crippen LogP contribution in [0.25, 0.3) is 0 Å². The van der Waals surface area contributed by atoms with Crippen LogP contribution in [0.1, 0.15) is 32.1 Å². The molecular formula is C11H12O3. The lowest BCUT2D eigenvalue weighted by Gasteiger charge is -2.06. The molecule has 1 fully saturated rings. The lowest BCUT2D eigenvalue weighted by molar-refractivity contribution is -0.115. The number of carbonyl (C=O) groups excluding carboxylic acids is 1. The number of hydrogen-bond donors (Lipinski definition) is 0. The largest absolute Gasteiger partial charge is 0.478 e. The smallest absolute Gasteiger partial charge is 0.201 e. The van der Waals surface area contributed by atoms with Gasteiger partial charge in [-0.2, -0.15) is 0 Å². The lowest BCUT2D eigenvalue weighted by Crippen LogP contribution is -1.94. The molecular weight excluding hydrogens is 180 g/mol. The number of Topliss-reactive ketones (excluding diaryl/α,β-unsaturated/α-hetero) is 1. The average molecular weight is 192 g/mol. The third-order valence-corrected chi connectivity index (χ3v) is 2.20. The number of allylic oxidation sites excluding steroid dienone is 2. The zero-order valence-corrected chi connectivity index (χ0v) is 8.24. The number of furan rings is 1. The van der Waals surface area contributed by atoms with E-state index in [1.54, 1.807) is 12.3 Å². The fourth-order valence-electron chi connectivity index (χ4n) is 1.54. The van der Waals surface area contributed by atoms with E-state index in [1.165, 1.54) is 0 Å². The van der Waals surface area contributed by atoms with Crippen LogP contribution in [0.5, 0.6) is 0 Å². The van der Waals surface area contributed by atoms with E-state index in [1.807, 2.05) is 19.9 Å². The van der Waals surface area contributed by atoms with Crippen molar-refractivity contribution < 1.29 is 13.9 Å². The van der Waals surface area contributed by atoms with Gasteiger partial charge >= 0.3 is 0 Å². The molecule has 1 aromatic heterocycles. The Hall–Kier alpha value is -1.51. The maximum absolute atomic E-state index is 11.5. The number of ether oxygens (including phenoxy) is 1. The van der Waals surface area contributed by atoms with Crippen LogP contribution in [-0.2, 0) is 9.53 Å². The Morgan fingerprint density at radius 2 is 2.29 bits per heavy atom. The highest BCUT2D eigenvalue weighted by atomic mass is 16.5. The van der Waals surface area contributed by atoms with Crippen LogP contribution in [-0.4, -0.2) is 5.78 Å². The van der Waals surface area contributed by atoms with Crippen molar-refractivity contribution in [3.05, 3.63) is 35.5 Å². The molecule has 2 rings (SSSR count). The summed E-state index contributed by atoms with van der Waals surface area (Å²) >= 11 is 0. The van der Waals surface area contributed by atoms with E-state index in [2.05, 4.69) is 0 Å². The molecule has 1 aromatic rings. The second-order valence-corrected chi connectivity index (χ2v) is 3.58. The summed E-state index contributed by atoms with van der Waals surface area (Å²) in [5.74, 6) is 1.27. The maximum atomic E-state index is 11.5. The normalized spacial score (nSPS) is 21.1. The first-order valence-corrected chi connectivity index (χ1v) is 4.59. The third-order valence-electron chi connectivity index (χ3n) is 2.20. The van der Waals surface area contributed by atoms with Gasteiger partial charge in [0, 0.05) is 0 Å². The third kappa shape index (κ3) is 1.45. The topological polar surface area (TPSA) is 39.4 Å². The van der Waals surface area contributed by atoms with E-state index in [4.69, 9.17) is 9.15 Å². The molecule has 0 radical (unpaired) electrons. The second kappa shape index (κ2) is 3.33. The molecule has 0 aliphatic carbocycles. The number of carbonyl (C=O) groups is 1. The Morgan fingerprint density at radius 3 is 2.79 bits per heavy atom. The van der Waals surface area contributed by atoms with Gasteiger partial charge in [0.15, 0.2) is 11.9 Å². The standard InChI is InChI=1S/C11H12O3/c1-7(2)11-8(12)6-10(14-11)9-4-3-5-13-9/h3-5,10H,6H2,1-2H3. The van der Waals surface area contributed by atoms with Crippen LogP contribution in [0.4, 0.5) is 0 Å². The van der Waals surface area contributed by atoms with E-state index in [0.29, 0.717) is 12.2 Å². The number of rotatable bonds is 1. The Kier molecular flexibility index (Phi) is 2.15. The summed E-state index contributed by atoms with van der Waals surface area (Å²) in [4.78, 5) is 11.5. The van der Waals surface area contributed by atoms with Gasteiger partial charge in [-0.15, -0.1) is 0 Å². The van der Waals surface area contributed by atoms with Crippen molar-refractivity contribution in [3.8, 4) is 0 Å². The first-order chi connectivity index (χ1) is 6.68. The van der Waals surface area contributed by atoms with Gasteiger partial charge in [-0.25, -0.2) is 0 Å².